The highest BCUT2D eigenvalue weighted by Gasteiger charge is 2.31. The minimum atomic E-state index is -0.308. The van der Waals surface area contributed by atoms with Gasteiger partial charge in [-0.1, -0.05) is 71.3 Å². The summed E-state index contributed by atoms with van der Waals surface area (Å²) in [6.07, 6.45) is 12.9. The van der Waals surface area contributed by atoms with Gasteiger partial charge in [0, 0.05) is 37.4 Å². The van der Waals surface area contributed by atoms with Crippen LogP contribution < -0.4 is 0 Å². The monoisotopic (exact) mass is 479 g/mol. The summed E-state index contributed by atoms with van der Waals surface area (Å²) in [7, 11) is 0. The lowest BCUT2D eigenvalue weighted by molar-refractivity contribution is -0.130. The van der Waals surface area contributed by atoms with E-state index in [9.17, 15) is 4.79 Å². The van der Waals surface area contributed by atoms with Crippen LogP contribution in [0.2, 0.25) is 0 Å². The molecular weight excluding hydrogens is 426 g/mol. The van der Waals surface area contributed by atoms with E-state index in [1.54, 1.807) is 11.2 Å². The van der Waals surface area contributed by atoms with Gasteiger partial charge in [-0.3, -0.25) is 4.79 Å². The molecule has 0 aliphatic heterocycles. The lowest BCUT2D eigenvalue weighted by Crippen LogP contribution is -2.38. The minimum Gasteiger partial charge on any atom is -0.381 e. The summed E-state index contributed by atoms with van der Waals surface area (Å²) in [4.78, 5) is 12.9. The summed E-state index contributed by atoms with van der Waals surface area (Å²) < 4.78 is 12.0. The van der Waals surface area contributed by atoms with Crippen LogP contribution in [0.15, 0.2) is 35.9 Å². The van der Waals surface area contributed by atoms with E-state index in [4.69, 9.17) is 9.47 Å². The second kappa shape index (κ2) is 17.0. The number of rotatable bonds is 22. The van der Waals surface area contributed by atoms with Crippen molar-refractivity contribution in [2.45, 2.75) is 124 Å². The molecule has 0 spiro atoms. The van der Waals surface area contributed by atoms with Gasteiger partial charge in [0.1, 0.15) is 5.78 Å². The van der Waals surface area contributed by atoms with Gasteiger partial charge in [-0.05, 0) is 53.4 Å². The van der Waals surface area contributed by atoms with E-state index in [0.717, 1.165) is 38.5 Å². The quantitative estimate of drug-likeness (QED) is 0.0895. The number of nitrogens with zero attached hydrogens (tertiary/aromatic N) is 3. The Hall–Kier alpha value is -1.53. The first-order chi connectivity index (χ1) is 16.0. The van der Waals surface area contributed by atoms with E-state index in [1.807, 2.05) is 0 Å². The lowest BCUT2D eigenvalue weighted by Gasteiger charge is -2.34. The highest BCUT2D eigenvalue weighted by Crippen LogP contribution is 2.32. The van der Waals surface area contributed by atoms with Gasteiger partial charge in [0.05, 0.1) is 17.7 Å². The fourth-order valence-corrected chi connectivity index (χ4v) is 4.04. The Morgan fingerprint density at radius 2 is 1.59 bits per heavy atom. The molecule has 6 heteroatoms. The van der Waals surface area contributed by atoms with Crippen LogP contribution in [0.5, 0.6) is 0 Å². The molecule has 0 aromatic rings. The first-order valence-corrected chi connectivity index (χ1v) is 13.2. The average molecular weight is 480 g/mol. The Morgan fingerprint density at radius 1 is 0.882 bits per heavy atom. The number of hydrogen-bond acceptors (Lipinski definition) is 5. The largest absolute Gasteiger partial charge is 0.381 e. The summed E-state index contributed by atoms with van der Waals surface area (Å²) in [5.74, 6) is 0.351. The number of carbonyl (C=O) groups excluding carboxylic acids is 1. The predicted octanol–water partition coefficient (Wildman–Crippen LogP) is 8.05. The van der Waals surface area contributed by atoms with Crippen molar-refractivity contribution < 1.29 is 14.3 Å². The van der Waals surface area contributed by atoms with E-state index in [2.05, 4.69) is 72.0 Å². The van der Waals surface area contributed by atoms with Crippen molar-refractivity contribution in [3.8, 4) is 0 Å². The number of ketones is 1. The van der Waals surface area contributed by atoms with Gasteiger partial charge in [-0.15, -0.1) is 5.11 Å². The fourth-order valence-electron chi connectivity index (χ4n) is 4.04. The van der Waals surface area contributed by atoms with Crippen LogP contribution >= 0.6 is 0 Å². The van der Waals surface area contributed by atoms with Crippen molar-refractivity contribution in [1.82, 2.24) is 5.01 Å². The van der Waals surface area contributed by atoms with Crippen molar-refractivity contribution >= 4 is 5.78 Å². The van der Waals surface area contributed by atoms with Gasteiger partial charge in [0.15, 0.2) is 0 Å². The molecule has 0 fully saturated rings. The van der Waals surface area contributed by atoms with Crippen LogP contribution in [0.4, 0.5) is 0 Å². The van der Waals surface area contributed by atoms with Gasteiger partial charge in [0.25, 0.3) is 0 Å². The molecule has 0 saturated heterocycles. The van der Waals surface area contributed by atoms with Gasteiger partial charge in [-0.2, -0.15) is 0 Å². The molecule has 0 heterocycles. The zero-order chi connectivity index (χ0) is 26.1. The van der Waals surface area contributed by atoms with Crippen molar-refractivity contribution in [3.05, 3.63) is 25.6 Å². The Labute approximate surface area is 210 Å². The molecule has 6 nitrogen and oxygen atoms in total. The molecule has 0 rings (SSSR count). The Morgan fingerprint density at radius 3 is 2.18 bits per heavy atom. The number of Topliss-reactive ketones (excluding diaryl/α,β-unsaturated/α-hetero) is 1. The molecule has 1 unspecified atom stereocenters. The summed E-state index contributed by atoms with van der Waals surface area (Å²) in [6, 6.07) is 0. The third-order valence-electron chi connectivity index (χ3n) is 6.61. The first-order valence-electron chi connectivity index (χ1n) is 13.2. The van der Waals surface area contributed by atoms with Gasteiger partial charge < -0.3 is 9.47 Å². The van der Waals surface area contributed by atoms with Gasteiger partial charge in [-0.25, -0.2) is 5.01 Å². The zero-order valence-electron chi connectivity index (χ0n) is 23.3. The third-order valence-corrected chi connectivity index (χ3v) is 6.61. The van der Waals surface area contributed by atoms with Crippen molar-refractivity contribution in [2.75, 3.05) is 19.8 Å². The zero-order valence-corrected chi connectivity index (χ0v) is 23.3. The molecule has 0 aromatic carbocycles. The summed E-state index contributed by atoms with van der Waals surface area (Å²) in [5.41, 5.74) is -0.786. The van der Waals surface area contributed by atoms with Crippen LogP contribution in [-0.4, -0.2) is 41.8 Å². The maximum absolute atomic E-state index is 12.9. The first kappa shape index (κ1) is 32.5. The maximum Gasteiger partial charge on any atom is 0.141 e. The number of ether oxygens (including phenoxy) is 2. The van der Waals surface area contributed by atoms with E-state index >= 15 is 0 Å². The van der Waals surface area contributed by atoms with Crippen LogP contribution in [0.25, 0.3) is 0 Å². The standard InChI is InChI=1S/C28H53N3O3/c1-10-14-15-16-19-28(9,18-11-2)25(32)17-22-33-23-21-27(7,8)34-24-20-26(5,6)31(13-4)30-29-12-3/h12-13H,3-4,10-11,14-24H2,1-2,5-9H3/b30-29-. The van der Waals surface area contributed by atoms with Crippen molar-refractivity contribution in [1.29, 1.82) is 0 Å². The van der Waals surface area contributed by atoms with Crippen molar-refractivity contribution in [3.63, 3.8) is 0 Å². The van der Waals surface area contributed by atoms with Crippen LogP contribution in [-0.2, 0) is 14.3 Å². The molecule has 1 atom stereocenters. The normalized spacial score (nSPS) is 14.2. The van der Waals surface area contributed by atoms with Crippen molar-refractivity contribution in [2.24, 2.45) is 15.8 Å². The molecule has 198 valence electrons. The molecule has 0 aliphatic rings. The molecule has 0 bridgehead atoms. The van der Waals surface area contributed by atoms with Crippen LogP contribution in [0.1, 0.15) is 113 Å². The number of hydrogen-bond donors (Lipinski definition) is 0. The Balaban J connectivity index is 4.39. The average Bonchev–Trinajstić information content (AvgIpc) is 2.76. The SMILES string of the molecule is C=C/N=N\N(C=C)C(C)(C)CCOC(C)(C)CCOCCC(=O)C(C)(CCC)CCCCCC. The van der Waals surface area contributed by atoms with E-state index in [0.29, 0.717) is 32.0 Å². The molecule has 0 amide bonds. The highest BCUT2D eigenvalue weighted by atomic mass is 16.5. The number of carbonyl (C=O) groups is 1. The topological polar surface area (TPSA) is 63.5 Å². The van der Waals surface area contributed by atoms with Gasteiger partial charge in [0.2, 0.25) is 0 Å². The number of unbranched alkanes of at least 4 members (excludes halogenated alkanes) is 3. The van der Waals surface area contributed by atoms with E-state index < -0.39 is 0 Å². The minimum absolute atomic E-state index is 0.203. The maximum atomic E-state index is 12.9. The Kier molecular flexibility index (Phi) is 16.2. The molecule has 0 radical (unpaired) electrons. The molecule has 34 heavy (non-hydrogen) atoms. The third kappa shape index (κ3) is 13.4. The summed E-state index contributed by atoms with van der Waals surface area (Å²) >= 11 is 0. The van der Waals surface area contributed by atoms with Gasteiger partial charge >= 0.3 is 0 Å². The molecule has 0 saturated carbocycles. The van der Waals surface area contributed by atoms with E-state index in [-0.39, 0.29) is 16.6 Å². The summed E-state index contributed by atoms with van der Waals surface area (Å²) in [5, 5.41) is 9.67. The predicted molar refractivity (Wildman–Crippen MR) is 143 cm³/mol. The van der Waals surface area contributed by atoms with Crippen LogP contribution in [0, 0.1) is 5.41 Å². The second-order valence-electron chi connectivity index (χ2n) is 10.7. The lowest BCUT2D eigenvalue weighted by atomic mass is 9.76. The van der Waals surface area contributed by atoms with E-state index in [1.165, 1.54) is 25.5 Å². The Bertz CT molecular complexity index is 616. The van der Waals surface area contributed by atoms with Crippen LogP contribution in [0.3, 0.4) is 0 Å². The molecular formula is C28H53N3O3. The summed E-state index contributed by atoms with van der Waals surface area (Å²) in [6.45, 7) is 23.8. The molecule has 0 aliphatic carbocycles. The smallest absolute Gasteiger partial charge is 0.141 e. The highest BCUT2D eigenvalue weighted by molar-refractivity contribution is 5.84. The fraction of sp³-hybridized carbons (Fsp3) is 0.821. The molecule has 0 N–H and O–H groups in total. The molecule has 0 aromatic heterocycles. The second-order valence-corrected chi connectivity index (χ2v) is 10.7.